The molecule has 6 rings (SSSR count). The Hall–Kier alpha value is -3.56. The molecule has 0 radical (unpaired) electrons. The molecule has 0 spiro atoms. The van der Waals surface area contributed by atoms with Gasteiger partial charge in [-0.2, -0.15) is 13.2 Å². The fraction of sp³-hybridized carbons (Fsp3) is 0.333. The summed E-state index contributed by atoms with van der Waals surface area (Å²) < 4.78 is 58.4. The Bertz CT molecular complexity index is 1190. The molecule has 1 saturated carbocycles. The second kappa shape index (κ2) is 8.66. The van der Waals surface area contributed by atoms with Crippen LogP contribution in [0.3, 0.4) is 0 Å². The lowest BCUT2D eigenvalue weighted by Crippen LogP contribution is -2.59. The fourth-order valence-electron chi connectivity index (χ4n) is 4.75. The highest BCUT2D eigenvalue weighted by Gasteiger charge is 2.45. The summed E-state index contributed by atoms with van der Waals surface area (Å²) in [5, 5.41) is 0. The number of ether oxygens (including phenoxy) is 1. The number of hydrogen-bond donors (Lipinski definition) is 0. The average molecular weight is 472 g/mol. The maximum atomic E-state index is 14.0. The Morgan fingerprint density at radius 1 is 1.06 bits per heavy atom. The van der Waals surface area contributed by atoms with Crippen LogP contribution < -0.4 is 4.74 Å². The molecule has 10 heteroatoms. The van der Waals surface area contributed by atoms with Gasteiger partial charge < -0.3 is 9.64 Å². The highest BCUT2D eigenvalue weighted by Crippen LogP contribution is 2.39. The van der Waals surface area contributed by atoms with Crippen LogP contribution in [0.1, 0.15) is 35.2 Å². The smallest absolute Gasteiger partial charge is 0.417 e. The van der Waals surface area contributed by atoms with E-state index in [1.54, 1.807) is 11.0 Å². The third kappa shape index (κ3) is 4.32. The predicted octanol–water partition coefficient (Wildman–Crippen LogP) is 4.77. The van der Waals surface area contributed by atoms with Crippen molar-refractivity contribution in [2.45, 2.75) is 37.6 Å². The first-order valence-electron chi connectivity index (χ1n) is 10.9. The molecule has 3 aliphatic rings. The molecule has 34 heavy (non-hydrogen) atoms. The van der Waals surface area contributed by atoms with Crippen molar-refractivity contribution < 1.29 is 27.1 Å². The Kier molecular flexibility index (Phi) is 5.66. The molecule has 2 aromatic heterocycles. The van der Waals surface area contributed by atoms with Gasteiger partial charge in [0.15, 0.2) is 5.82 Å². The van der Waals surface area contributed by atoms with E-state index < -0.39 is 23.7 Å². The van der Waals surface area contributed by atoms with Crippen molar-refractivity contribution in [2.75, 3.05) is 6.54 Å². The summed E-state index contributed by atoms with van der Waals surface area (Å²) in [6.45, 7) is 0.524. The Labute approximate surface area is 192 Å². The van der Waals surface area contributed by atoms with E-state index in [1.807, 2.05) is 0 Å². The van der Waals surface area contributed by atoms with E-state index in [2.05, 4.69) is 15.0 Å². The van der Waals surface area contributed by atoms with Gasteiger partial charge in [-0.15, -0.1) is 0 Å². The van der Waals surface area contributed by atoms with Crippen LogP contribution in [0.15, 0.2) is 55.0 Å². The molecule has 1 aliphatic carbocycles. The number of pyridine rings is 1. The van der Waals surface area contributed by atoms with Gasteiger partial charge in [0.2, 0.25) is 5.88 Å². The van der Waals surface area contributed by atoms with E-state index >= 15 is 0 Å². The summed E-state index contributed by atoms with van der Waals surface area (Å²) in [6.07, 6.45) is 1.19. The van der Waals surface area contributed by atoms with Gasteiger partial charge in [0.25, 0.3) is 5.91 Å². The highest BCUT2D eigenvalue weighted by atomic mass is 19.4. The third-order valence-corrected chi connectivity index (χ3v) is 6.34. The number of carbonyl (C=O) groups excluding carboxylic acids is 1. The van der Waals surface area contributed by atoms with Gasteiger partial charge in [-0.25, -0.2) is 19.3 Å². The zero-order chi connectivity index (χ0) is 23.9. The zero-order valence-electron chi connectivity index (χ0n) is 17.9. The normalized spacial score (nSPS) is 22.0. The molecular weight excluding hydrogens is 452 g/mol. The standard InChI is InChI=1S/C24H20F4N4O2/c25-16-4-5-17(18(11-16)22-29-8-1-9-30-22)23(33)32-13-14-2-6-19(32)20(10-14)34-21-7-3-15(12-31-21)24(26,27)28/h1,3-5,7-9,11-12,14,19-20H,2,6,10,13H2/t14-,19+,20-/m1/s1. The van der Waals surface area contributed by atoms with Crippen LogP contribution in [-0.4, -0.2) is 44.4 Å². The van der Waals surface area contributed by atoms with Crippen molar-refractivity contribution in [2.24, 2.45) is 5.92 Å². The molecular formula is C24H20F4N4O2. The quantitative estimate of drug-likeness (QED) is 0.512. The molecule has 3 atom stereocenters. The van der Waals surface area contributed by atoms with E-state index in [0.717, 1.165) is 18.7 Å². The molecule has 176 valence electrons. The molecule has 3 aromatic rings. The van der Waals surface area contributed by atoms with Gasteiger partial charge in [-0.3, -0.25) is 4.79 Å². The SMILES string of the molecule is O=C(c1ccc(F)cc1-c1ncccn1)N1C[C@@H]2CC[C@H]1[C@H](Oc1ccc(C(F)(F)F)cn1)C2. The van der Waals surface area contributed by atoms with Crippen molar-refractivity contribution in [3.05, 3.63) is 71.9 Å². The first-order chi connectivity index (χ1) is 16.3. The number of carbonyl (C=O) groups is 1. The summed E-state index contributed by atoms with van der Waals surface area (Å²) in [4.78, 5) is 27.4. The Morgan fingerprint density at radius 2 is 1.85 bits per heavy atom. The molecule has 0 unspecified atom stereocenters. The lowest BCUT2D eigenvalue weighted by Gasteiger charge is -2.49. The van der Waals surface area contributed by atoms with E-state index in [4.69, 9.17) is 4.74 Å². The van der Waals surface area contributed by atoms with Crippen molar-refractivity contribution >= 4 is 5.91 Å². The summed E-state index contributed by atoms with van der Waals surface area (Å²) in [5.74, 6) is -0.280. The van der Waals surface area contributed by atoms with Crippen molar-refractivity contribution in [3.63, 3.8) is 0 Å². The molecule has 2 saturated heterocycles. The number of fused-ring (bicyclic) bond motifs is 3. The van der Waals surface area contributed by atoms with Gasteiger partial charge in [0, 0.05) is 36.8 Å². The van der Waals surface area contributed by atoms with Gasteiger partial charge in [0.05, 0.1) is 17.2 Å². The maximum Gasteiger partial charge on any atom is 0.417 e. The number of aromatic nitrogens is 3. The number of nitrogens with zero attached hydrogens (tertiary/aromatic N) is 4. The lowest BCUT2D eigenvalue weighted by atomic mass is 9.77. The van der Waals surface area contributed by atoms with Gasteiger partial charge in [-0.1, -0.05) is 0 Å². The monoisotopic (exact) mass is 472 g/mol. The van der Waals surface area contributed by atoms with Crippen LogP contribution in [0.2, 0.25) is 0 Å². The number of hydrogen-bond acceptors (Lipinski definition) is 5. The van der Waals surface area contributed by atoms with Crippen LogP contribution >= 0.6 is 0 Å². The van der Waals surface area contributed by atoms with Crippen LogP contribution in [0.4, 0.5) is 17.6 Å². The summed E-state index contributed by atoms with van der Waals surface area (Å²) in [7, 11) is 0. The Morgan fingerprint density at radius 3 is 2.53 bits per heavy atom. The van der Waals surface area contributed by atoms with E-state index in [9.17, 15) is 22.4 Å². The zero-order valence-corrected chi connectivity index (χ0v) is 17.9. The van der Waals surface area contributed by atoms with Crippen LogP contribution in [0, 0.1) is 11.7 Å². The Balaban J connectivity index is 1.40. The van der Waals surface area contributed by atoms with Crippen LogP contribution in [-0.2, 0) is 6.18 Å². The number of piperidine rings is 2. The number of amides is 1. The van der Waals surface area contributed by atoms with Gasteiger partial charge >= 0.3 is 6.18 Å². The molecule has 2 bridgehead atoms. The van der Waals surface area contributed by atoms with Gasteiger partial charge in [0.1, 0.15) is 11.9 Å². The number of halogens is 4. The predicted molar refractivity (Wildman–Crippen MR) is 113 cm³/mol. The molecule has 1 aromatic carbocycles. The van der Waals surface area contributed by atoms with Crippen LogP contribution in [0.5, 0.6) is 5.88 Å². The van der Waals surface area contributed by atoms with Crippen molar-refractivity contribution in [1.82, 2.24) is 19.9 Å². The molecule has 0 N–H and O–H groups in total. The highest BCUT2D eigenvalue weighted by molar-refractivity contribution is 6.00. The second-order valence-electron chi connectivity index (χ2n) is 8.51. The lowest BCUT2D eigenvalue weighted by molar-refractivity contribution is -0.137. The second-order valence-corrected chi connectivity index (χ2v) is 8.51. The van der Waals surface area contributed by atoms with Crippen LogP contribution in [0.25, 0.3) is 11.4 Å². The van der Waals surface area contributed by atoms with E-state index in [1.165, 1.54) is 36.7 Å². The van der Waals surface area contributed by atoms with E-state index in [0.29, 0.717) is 24.9 Å². The summed E-state index contributed by atoms with van der Waals surface area (Å²) in [5.41, 5.74) is -0.269. The molecule has 1 amide bonds. The van der Waals surface area contributed by atoms with Gasteiger partial charge in [-0.05, 0) is 55.5 Å². The first kappa shape index (κ1) is 22.2. The number of rotatable bonds is 4. The largest absolute Gasteiger partial charge is 0.472 e. The molecule has 4 heterocycles. The minimum absolute atomic E-state index is 0.0816. The number of alkyl halides is 3. The maximum absolute atomic E-state index is 14.0. The molecule has 3 fully saturated rings. The minimum atomic E-state index is -4.48. The molecule has 2 aliphatic heterocycles. The first-order valence-corrected chi connectivity index (χ1v) is 10.9. The average Bonchev–Trinajstić information content (AvgIpc) is 2.84. The topological polar surface area (TPSA) is 68.2 Å². The summed E-state index contributed by atoms with van der Waals surface area (Å²) in [6, 6.07) is 7.37. The van der Waals surface area contributed by atoms with E-state index in [-0.39, 0.29) is 35.1 Å². The number of benzene rings is 1. The van der Waals surface area contributed by atoms with Crippen molar-refractivity contribution in [3.8, 4) is 17.3 Å². The molecule has 6 nitrogen and oxygen atoms in total. The third-order valence-electron chi connectivity index (χ3n) is 6.34. The fourth-order valence-corrected chi connectivity index (χ4v) is 4.75. The minimum Gasteiger partial charge on any atom is -0.472 e. The van der Waals surface area contributed by atoms with Crippen molar-refractivity contribution in [1.29, 1.82) is 0 Å². The summed E-state index contributed by atoms with van der Waals surface area (Å²) >= 11 is 0.